The summed E-state index contributed by atoms with van der Waals surface area (Å²) in [6.07, 6.45) is -0.398. The van der Waals surface area contributed by atoms with Crippen LogP contribution in [0.2, 0.25) is 0 Å². The minimum absolute atomic E-state index is 0.125. The number of nitrogens with one attached hydrogen (secondary N) is 1. The molecule has 1 aliphatic rings. The maximum absolute atomic E-state index is 12.8. The lowest BCUT2D eigenvalue weighted by molar-refractivity contribution is -0.384. The Morgan fingerprint density at radius 3 is 2.38 bits per heavy atom. The van der Waals surface area contributed by atoms with Crippen LogP contribution in [0, 0.1) is 10.1 Å². The summed E-state index contributed by atoms with van der Waals surface area (Å²) < 4.78 is 10.4. The van der Waals surface area contributed by atoms with Crippen LogP contribution in [0.1, 0.15) is 39.2 Å². The Bertz CT molecular complexity index is 887. The van der Waals surface area contributed by atoms with Crippen molar-refractivity contribution >= 4 is 17.6 Å². The summed E-state index contributed by atoms with van der Waals surface area (Å²) in [5, 5.41) is 23.2. The number of ether oxygens (including phenoxy) is 2. The maximum atomic E-state index is 12.8. The monoisotopic (exact) mass is 404 g/mol. The van der Waals surface area contributed by atoms with Crippen LogP contribution in [-0.4, -0.2) is 41.3 Å². The Kier molecular flexibility index (Phi) is 7.11. The first kappa shape index (κ1) is 22.1. The molecule has 1 aliphatic heterocycles. The molecule has 0 spiro atoms. The summed E-state index contributed by atoms with van der Waals surface area (Å²) in [5.41, 5.74) is 1.43. The van der Waals surface area contributed by atoms with E-state index in [-0.39, 0.29) is 30.0 Å². The highest BCUT2D eigenvalue weighted by Crippen LogP contribution is 2.40. The quantitative estimate of drug-likeness (QED) is 0.402. The Balaban J connectivity index is 2.65. The third-order valence-electron chi connectivity index (χ3n) is 4.28. The number of hydrogen-bond donors (Lipinski definition) is 2. The maximum Gasteiger partial charge on any atom is 0.337 e. The van der Waals surface area contributed by atoms with Crippen LogP contribution in [0.4, 0.5) is 5.69 Å². The molecule has 0 aromatic heterocycles. The molecule has 29 heavy (non-hydrogen) atoms. The number of aliphatic hydroxyl groups is 1. The number of dihydropyridines is 1. The second kappa shape index (κ2) is 9.33. The molecule has 2 N–H and O–H groups in total. The fourth-order valence-corrected chi connectivity index (χ4v) is 3.18. The Hall–Kier alpha value is -3.20. The fourth-order valence-electron chi connectivity index (χ4n) is 3.18. The minimum atomic E-state index is -0.923. The number of nitro benzene ring substituents is 1. The van der Waals surface area contributed by atoms with Crippen LogP contribution in [0.25, 0.3) is 0 Å². The van der Waals surface area contributed by atoms with Gasteiger partial charge in [-0.15, -0.1) is 0 Å². The number of esters is 2. The van der Waals surface area contributed by atoms with E-state index in [1.54, 1.807) is 33.8 Å². The second-order valence-electron chi connectivity index (χ2n) is 6.80. The second-order valence-corrected chi connectivity index (χ2v) is 6.80. The standard InChI is InChI=1S/C20H24N2O7/c1-11(2)29-20(25)17-13(4)21-12(3)16(19(24)28-9-8-23)18(17)14-6-5-7-15(10-14)22(26)27/h5-7,10-11,18,21,23H,8-9H2,1-4H3. The van der Waals surface area contributed by atoms with Crippen molar-refractivity contribution in [2.24, 2.45) is 0 Å². The number of benzene rings is 1. The summed E-state index contributed by atoms with van der Waals surface area (Å²) in [6.45, 7) is 6.14. The van der Waals surface area contributed by atoms with Crippen LogP contribution in [0.3, 0.4) is 0 Å². The molecule has 9 nitrogen and oxygen atoms in total. The van der Waals surface area contributed by atoms with Gasteiger partial charge in [0.05, 0.1) is 34.7 Å². The Morgan fingerprint density at radius 2 is 1.83 bits per heavy atom. The molecule has 2 rings (SSSR count). The van der Waals surface area contributed by atoms with Gasteiger partial charge in [-0.05, 0) is 33.3 Å². The van der Waals surface area contributed by atoms with Gasteiger partial charge in [0.1, 0.15) is 6.61 Å². The first-order chi connectivity index (χ1) is 13.7. The van der Waals surface area contributed by atoms with Gasteiger partial charge in [0.2, 0.25) is 0 Å². The SMILES string of the molecule is CC1=C(C(=O)OCCO)C(c2cccc([N+](=O)[O-])c2)C(C(=O)OC(C)C)=C(C)N1. The van der Waals surface area contributed by atoms with Crippen LogP contribution in [0.15, 0.2) is 46.8 Å². The lowest BCUT2D eigenvalue weighted by Gasteiger charge is -2.30. The average Bonchev–Trinajstić information content (AvgIpc) is 2.64. The highest BCUT2D eigenvalue weighted by molar-refractivity contribution is 6.00. The van der Waals surface area contributed by atoms with E-state index in [1.165, 1.54) is 18.2 Å². The van der Waals surface area contributed by atoms with E-state index >= 15 is 0 Å². The Morgan fingerprint density at radius 1 is 1.21 bits per heavy atom. The predicted octanol–water partition coefficient (Wildman–Crippen LogP) is 2.32. The van der Waals surface area contributed by atoms with E-state index in [4.69, 9.17) is 14.6 Å². The zero-order valence-corrected chi connectivity index (χ0v) is 16.7. The molecular weight excluding hydrogens is 380 g/mol. The van der Waals surface area contributed by atoms with Crippen LogP contribution >= 0.6 is 0 Å². The van der Waals surface area contributed by atoms with Gasteiger partial charge in [-0.3, -0.25) is 10.1 Å². The van der Waals surface area contributed by atoms with Crippen molar-refractivity contribution < 1.29 is 29.1 Å². The summed E-state index contributed by atoms with van der Waals surface area (Å²) in [4.78, 5) is 36.3. The molecule has 1 unspecified atom stereocenters. The van der Waals surface area contributed by atoms with E-state index in [1.807, 2.05) is 0 Å². The van der Waals surface area contributed by atoms with Gasteiger partial charge in [0.25, 0.3) is 5.69 Å². The zero-order chi connectivity index (χ0) is 21.7. The molecule has 0 aliphatic carbocycles. The summed E-state index contributed by atoms with van der Waals surface area (Å²) in [5.74, 6) is -2.29. The third kappa shape index (κ3) is 5.00. The van der Waals surface area contributed by atoms with Crippen molar-refractivity contribution in [1.29, 1.82) is 0 Å². The number of nitrogens with zero attached hydrogens (tertiary/aromatic N) is 1. The van der Waals surface area contributed by atoms with Gasteiger partial charge in [-0.1, -0.05) is 12.1 Å². The number of carbonyl (C=O) groups is 2. The first-order valence-corrected chi connectivity index (χ1v) is 9.09. The number of aliphatic hydroxyl groups excluding tert-OH is 1. The molecule has 0 bridgehead atoms. The summed E-state index contributed by atoms with van der Waals surface area (Å²) >= 11 is 0. The minimum Gasteiger partial charge on any atom is -0.460 e. The van der Waals surface area contributed by atoms with Crippen molar-refractivity contribution in [1.82, 2.24) is 5.32 Å². The first-order valence-electron chi connectivity index (χ1n) is 9.09. The highest BCUT2D eigenvalue weighted by atomic mass is 16.6. The lowest BCUT2D eigenvalue weighted by Crippen LogP contribution is -2.33. The van der Waals surface area contributed by atoms with E-state index in [0.29, 0.717) is 17.0 Å². The van der Waals surface area contributed by atoms with Crippen molar-refractivity contribution in [2.45, 2.75) is 39.7 Å². The number of non-ortho nitro benzene ring substituents is 1. The normalized spacial score (nSPS) is 16.6. The average molecular weight is 404 g/mol. The van der Waals surface area contributed by atoms with Crippen molar-refractivity contribution in [3.05, 3.63) is 62.5 Å². The van der Waals surface area contributed by atoms with Gasteiger partial charge < -0.3 is 19.9 Å². The lowest BCUT2D eigenvalue weighted by atomic mass is 9.80. The number of allylic oxidation sites excluding steroid dienone is 2. The van der Waals surface area contributed by atoms with E-state index in [9.17, 15) is 19.7 Å². The molecule has 1 aromatic carbocycles. The van der Waals surface area contributed by atoms with Crippen LogP contribution in [-0.2, 0) is 19.1 Å². The molecule has 0 amide bonds. The molecule has 1 atom stereocenters. The highest BCUT2D eigenvalue weighted by Gasteiger charge is 2.38. The van der Waals surface area contributed by atoms with E-state index < -0.39 is 28.9 Å². The van der Waals surface area contributed by atoms with Crippen molar-refractivity contribution in [2.75, 3.05) is 13.2 Å². The number of carbonyl (C=O) groups excluding carboxylic acids is 2. The molecule has 156 valence electrons. The Labute approximate surface area is 168 Å². The largest absolute Gasteiger partial charge is 0.460 e. The predicted molar refractivity (Wildman–Crippen MR) is 104 cm³/mol. The third-order valence-corrected chi connectivity index (χ3v) is 4.28. The van der Waals surface area contributed by atoms with E-state index in [0.717, 1.165) is 0 Å². The van der Waals surface area contributed by atoms with E-state index in [2.05, 4.69) is 5.32 Å². The van der Waals surface area contributed by atoms with Gasteiger partial charge in [-0.25, -0.2) is 9.59 Å². The number of rotatable bonds is 7. The molecular formula is C20H24N2O7. The van der Waals surface area contributed by atoms with Crippen molar-refractivity contribution in [3.63, 3.8) is 0 Å². The van der Waals surface area contributed by atoms with Gasteiger partial charge >= 0.3 is 11.9 Å². The number of nitro groups is 1. The topological polar surface area (TPSA) is 128 Å². The molecule has 0 saturated heterocycles. The number of hydrogen-bond acceptors (Lipinski definition) is 8. The molecule has 9 heteroatoms. The van der Waals surface area contributed by atoms with Gasteiger partial charge in [0.15, 0.2) is 0 Å². The molecule has 0 radical (unpaired) electrons. The van der Waals surface area contributed by atoms with Crippen LogP contribution < -0.4 is 5.32 Å². The zero-order valence-electron chi connectivity index (χ0n) is 16.7. The summed E-state index contributed by atoms with van der Waals surface area (Å²) in [6, 6.07) is 5.74. The fraction of sp³-hybridized carbons (Fsp3) is 0.400. The molecule has 0 saturated carbocycles. The van der Waals surface area contributed by atoms with Crippen molar-refractivity contribution in [3.8, 4) is 0 Å². The van der Waals surface area contributed by atoms with Gasteiger partial charge in [-0.2, -0.15) is 0 Å². The molecule has 1 aromatic rings. The smallest absolute Gasteiger partial charge is 0.337 e. The van der Waals surface area contributed by atoms with Gasteiger partial charge in [0, 0.05) is 23.5 Å². The molecule has 0 fully saturated rings. The summed E-state index contributed by atoms with van der Waals surface area (Å²) in [7, 11) is 0. The molecule has 1 heterocycles. The van der Waals surface area contributed by atoms with Crippen LogP contribution in [0.5, 0.6) is 0 Å².